The highest BCUT2D eigenvalue weighted by molar-refractivity contribution is 6.39. The van der Waals surface area contributed by atoms with E-state index in [9.17, 15) is 35.1 Å². The van der Waals surface area contributed by atoms with Gasteiger partial charge in [0.1, 0.15) is 50.1 Å². The second-order valence-electron chi connectivity index (χ2n) is 12.7. The van der Waals surface area contributed by atoms with E-state index in [0.717, 1.165) is 10.5 Å². The average Bonchev–Trinajstić information content (AvgIpc) is 3.73. The van der Waals surface area contributed by atoms with Crippen LogP contribution in [0.1, 0.15) is 32.5 Å². The molecule has 14 heteroatoms. The highest BCUT2D eigenvalue weighted by Gasteiger charge is 2.47. The molecule has 0 radical (unpaired) electrons. The van der Waals surface area contributed by atoms with Crippen LogP contribution >= 0.6 is 0 Å². The summed E-state index contributed by atoms with van der Waals surface area (Å²) in [7, 11) is 0. The topological polar surface area (TPSA) is 196 Å². The molecule has 6 aromatic rings. The lowest BCUT2D eigenvalue weighted by Gasteiger charge is -2.41. The van der Waals surface area contributed by atoms with Gasteiger partial charge in [0, 0.05) is 27.6 Å². The van der Waals surface area contributed by atoms with E-state index in [1.54, 1.807) is 22.8 Å². The standard InChI is InChI=1S/C36H31N3O11/c40-13-24-31(42)32(43)33(44)36(50-24)39-21-7-6-17(41)10-19(21)26-28-27(34(45)38(35(28)46)15-47-14-16-4-2-1-3-5-16)25-18-11-22-23(49-9-8-48-22)12-20(18)37-29(25)30(26)39/h1-7,10-12,24,31-33,36-37,40-44H,8-9,13-15H2. The predicted octanol–water partition coefficient (Wildman–Crippen LogP) is 2.65. The quantitative estimate of drug-likeness (QED) is 0.142. The van der Waals surface area contributed by atoms with E-state index < -0.39 is 49.1 Å². The molecule has 0 spiro atoms. The van der Waals surface area contributed by atoms with Crippen LogP contribution in [0.5, 0.6) is 17.2 Å². The van der Waals surface area contributed by atoms with Crippen molar-refractivity contribution in [1.82, 2.24) is 14.5 Å². The van der Waals surface area contributed by atoms with Gasteiger partial charge in [0.25, 0.3) is 11.8 Å². The molecule has 256 valence electrons. The summed E-state index contributed by atoms with van der Waals surface area (Å²) >= 11 is 0. The largest absolute Gasteiger partial charge is 0.508 e. The van der Waals surface area contributed by atoms with Crippen LogP contribution in [-0.4, -0.2) is 103 Å². The number of ether oxygens (including phenoxy) is 4. The first-order valence-corrected chi connectivity index (χ1v) is 16.1. The molecule has 2 aromatic heterocycles. The number of H-pyrrole nitrogens is 1. The molecule has 1 fully saturated rings. The molecule has 6 N–H and O–H groups in total. The number of nitrogens with one attached hydrogen (secondary N) is 1. The minimum absolute atomic E-state index is 0.0514. The molecule has 3 aliphatic heterocycles. The first-order valence-electron chi connectivity index (χ1n) is 16.1. The number of carbonyl (C=O) groups is 2. The van der Waals surface area contributed by atoms with Gasteiger partial charge in [-0.05, 0) is 29.8 Å². The number of amides is 2. The second-order valence-corrected chi connectivity index (χ2v) is 12.7. The van der Waals surface area contributed by atoms with Crippen molar-refractivity contribution < 1.29 is 54.1 Å². The summed E-state index contributed by atoms with van der Waals surface area (Å²) in [5.74, 6) is -0.404. The fourth-order valence-corrected chi connectivity index (χ4v) is 7.52. The molecule has 50 heavy (non-hydrogen) atoms. The zero-order valence-corrected chi connectivity index (χ0v) is 26.3. The molecule has 5 atom stereocenters. The molecular weight excluding hydrogens is 650 g/mol. The van der Waals surface area contributed by atoms with Crippen molar-refractivity contribution in [3.63, 3.8) is 0 Å². The Hall–Kier alpha value is -5.22. The number of rotatable bonds is 6. The molecule has 5 unspecified atom stereocenters. The highest BCUT2D eigenvalue weighted by atomic mass is 16.6. The summed E-state index contributed by atoms with van der Waals surface area (Å²) in [4.78, 5) is 33.3. The van der Waals surface area contributed by atoms with E-state index in [4.69, 9.17) is 18.9 Å². The predicted molar refractivity (Wildman–Crippen MR) is 177 cm³/mol. The lowest BCUT2D eigenvalue weighted by molar-refractivity contribution is -0.249. The SMILES string of the molecule is O=C1c2c(c3c4cc(O)ccc4n(C4OC(CO)C(O)C(O)C4O)c3c3[nH]c4cc5c(cc4c23)OCCO5)C(=O)N1COCc1ccccc1. The van der Waals surface area contributed by atoms with Gasteiger partial charge in [-0.3, -0.25) is 9.59 Å². The third-order valence-corrected chi connectivity index (χ3v) is 9.81. The Bertz CT molecular complexity index is 2370. The molecule has 0 aliphatic carbocycles. The van der Waals surface area contributed by atoms with Crippen LogP contribution in [0.2, 0.25) is 0 Å². The van der Waals surface area contributed by atoms with Crippen LogP contribution in [-0.2, 0) is 16.1 Å². The summed E-state index contributed by atoms with van der Waals surface area (Å²) in [6, 6.07) is 17.3. The summed E-state index contributed by atoms with van der Waals surface area (Å²) in [6.07, 6.45) is -7.64. The number of hydrogen-bond donors (Lipinski definition) is 6. The zero-order valence-electron chi connectivity index (χ0n) is 26.3. The summed E-state index contributed by atoms with van der Waals surface area (Å²) in [5, 5.41) is 55.1. The molecule has 2 amide bonds. The van der Waals surface area contributed by atoms with Crippen LogP contribution in [0.15, 0.2) is 60.7 Å². The van der Waals surface area contributed by atoms with Crippen molar-refractivity contribution >= 4 is 55.4 Å². The number of aromatic amines is 1. The van der Waals surface area contributed by atoms with Gasteiger partial charge in [-0.2, -0.15) is 0 Å². The minimum Gasteiger partial charge on any atom is -0.508 e. The third-order valence-electron chi connectivity index (χ3n) is 9.81. The normalized spacial score (nSPS) is 23.5. The van der Waals surface area contributed by atoms with E-state index >= 15 is 0 Å². The van der Waals surface area contributed by atoms with Crippen molar-refractivity contribution in [3.8, 4) is 17.2 Å². The fourth-order valence-electron chi connectivity index (χ4n) is 7.52. The molecule has 4 aromatic carbocycles. The number of carbonyl (C=O) groups excluding carboxylic acids is 2. The van der Waals surface area contributed by atoms with Crippen LogP contribution in [0.4, 0.5) is 0 Å². The first kappa shape index (κ1) is 30.8. The molecule has 0 bridgehead atoms. The number of aliphatic hydroxyl groups excluding tert-OH is 4. The Morgan fingerprint density at radius 1 is 0.840 bits per heavy atom. The van der Waals surface area contributed by atoms with E-state index in [0.29, 0.717) is 62.9 Å². The first-order chi connectivity index (χ1) is 24.3. The van der Waals surface area contributed by atoms with E-state index in [2.05, 4.69) is 4.98 Å². The maximum atomic E-state index is 14.5. The highest BCUT2D eigenvalue weighted by Crippen LogP contribution is 2.49. The van der Waals surface area contributed by atoms with Crippen molar-refractivity contribution in [2.75, 3.05) is 26.6 Å². The van der Waals surface area contributed by atoms with Crippen molar-refractivity contribution in [2.45, 2.75) is 37.3 Å². The molecule has 14 nitrogen and oxygen atoms in total. The molecule has 1 saturated heterocycles. The average molecular weight is 682 g/mol. The lowest BCUT2D eigenvalue weighted by atomic mass is 9.96. The van der Waals surface area contributed by atoms with Crippen LogP contribution in [0, 0.1) is 0 Å². The summed E-state index contributed by atoms with van der Waals surface area (Å²) in [5.41, 5.74) is 2.66. The van der Waals surface area contributed by atoms with Gasteiger partial charge in [-0.1, -0.05) is 30.3 Å². The number of nitrogens with zero attached hydrogens (tertiary/aromatic N) is 2. The number of benzene rings is 4. The second kappa shape index (κ2) is 11.4. The van der Waals surface area contributed by atoms with E-state index in [1.807, 2.05) is 30.3 Å². The minimum atomic E-state index is -1.70. The van der Waals surface area contributed by atoms with E-state index in [-0.39, 0.29) is 35.6 Å². The fraction of sp³-hybridized carbons (Fsp3) is 0.278. The Balaban J connectivity index is 1.34. The maximum Gasteiger partial charge on any atom is 0.264 e. The lowest BCUT2D eigenvalue weighted by Crippen LogP contribution is -2.56. The molecular formula is C36H31N3O11. The Morgan fingerprint density at radius 2 is 1.56 bits per heavy atom. The van der Waals surface area contributed by atoms with Gasteiger partial charge >= 0.3 is 0 Å². The Morgan fingerprint density at radius 3 is 2.30 bits per heavy atom. The van der Waals surface area contributed by atoms with Gasteiger partial charge in [-0.25, -0.2) is 4.90 Å². The van der Waals surface area contributed by atoms with Crippen LogP contribution in [0.25, 0.3) is 43.6 Å². The van der Waals surface area contributed by atoms with Crippen molar-refractivity contribution in [3.05, 3.63) is 77.4 Å². The van der Waals surface area contributed by atoms with Crippen molar-refractivity contribution in [1.29, 1.82) is 0 Å². The number of imide groups is 1. The Labute approximate surface area is 282 Å². The van der Waals surface area contributed by atoms with Crippen LogP contribution < -0.4 is 9.47 Å². The van der Waals surface area contributed by atoms with Gasteiger partial charge in [0.15, 0.2) is 17.7 Å². The molecule has 9 rings (SSSR count). The van der Waals surface area contributed by atoms with Gasteiger partial charge in [0.2, 0.25) is 0 Å². The number of aromatic nitrogens is 2. The number of phenolic OH excluding ortho intramolecular Hbond substituents is 1. The maximum absolute atomic E-state index is 14.5. The number of aromatic hydroxyl groups is 1. The molecule has 3 aliphatic rings. The summed E-state index contributed by atoms with van der Waals surface area (Å²) < 4.78 is 25.2. The van der Waals surface area contributed by atoms with Gasteiger partial charge < -0.3 is 54.0 Å². The summed E-state index contributed by atoms with van der Waals surface area (Å²) in [6.45, 7) is -0.178. The van der Waals surface area contributed by atoms with Gasteiger partial charge in [-0.15, -0.1) is 0 Å². The monoisotopic (exact) mass is 681 g/mol. The number of phenols is 1. The Kier molecular flexibility index (Phi) is 7.03. The van der Waals surface area contributed by atoms with E-state index in [1.165, 1.54) is 12.1 Å². The van der Waals surface area contributed by atoms with Crippen molar-refractivity contribution in [2.24, 2.45) is 0 Å². The van der Waals surface area contributed by atoms with Crippen LogP contribution in [0.3, 0.4) is 0 Å². The number of hydrogen-bond acceptors (Lipinski definition) is 11. The molecule has 5 heterocycles. The third kappa shape index (κ3) is 4.37. The van der Waals surface area contributed by atoms with Gasteiger partial charge in [0.05, 0.1) is 46.4 Å². The molecule has 0 saturated carbocycles. The number of fused-ring (bicyclic) bond motifs is 11. The number of aliphatic hydroxyl groups is 4. The zero-order chi connectivity index (χ0) is 34.4. The smallest absolute Gasteiger partial charge is 0.264 e.